The summed E-state index contributed by atoms with van der Waals surface area (Å²) in [5, 5.41) is 12.1. The molecule has 0 radical (unpaired) electrons. The lowest BCUT2D eigenvalue weighted by Crippen LogP contribution is -2.04. The Bertz CT molecular complexity index is 609. The summed E-state index contributed by atoms with van der Waals surface area (Å²) in [5.41, 5.74) is 3.04. The standard InChI is InChI=1S/C15H16N2O3/c1-10-7-13(20-2)5-6-14(10)17-9-12-4-3-11(8-16-12)15(18)19/h3-8,17H,9H2,1-2H3,(H,18,19). The van der Waals surface area contributed by atoms with E-state index < -0.39 is 5.97 Å². The van der Waals surface area contributed by atoms with Crippen molar-refractivity contribution in [3.63, 3.8) is 0 Å². The molecule has 0 aliphatic rings. The largest absolute Gasteiger partial charge is 0.497 e. The van der Waals surface area contributed by atoms with E-state index in [1.54, 1.807) is 19.2 Å². The van der Waals surface area contributed by atoms with Gasteiger partial charge in [0, 0.05) is 11.9 Å². The predicted octanol–water partition coefficient (Wildman–Crippen LogP) is 2.71. The van der Waals surface area contributed by atoms with E-state index in [1.807, 2.05) is 25.1 Å². The SMILES string of the molecule is COc1ccc(NCc2ccc(C(=O)O)cn2)c(C)c1. The zero-order valence-corrected chi connectivity index (χ0v) is 11.4. The first-order chi connectivity index (χ1) is 9.60. The fourth-order valence-corrected chi connectivity index (χ4v) is 1.80. The number of rotatable bonds is 5. The fraction of sp³-hybridized carbons (Fsp3) is 0.200. The van der Waals surface area contributed by atoms with Crippen molar-refractivity contribution in [3.8, 4) is 5.75 Å². The van der Waals surface area contributed by atoms with Crippen molar-refractivity contribution in [2.45, 2.75) is 13.5 Å². The molecule has 2 aromatic rings. The third kappa shape index (κ3) is 3.26. The second-order valence-corrected chi connectivity index (χ2v) is 4.38. The molecule has 5 nitrogen and oxygen atoms in total. The number of aromatic nitrogens is 1. The Labute approximate surface area is 117 Å². The summed E-state index contributed by atoms with van der Waals surface area (Å²) < 4.78 is 5.15. The van der Waals surface area contributed by atoms with Gasteiger partial charge in [-0.2, -0.15) is 0 Å². The Morgan fingerprint density at radius 2 is 2.15 bits per heavy atom. The maximum absolute atomic E-state index is 10.7. The summed E-state index contributed by atoms with van der Waals surface area (Å²) >= 11 is 0. The lowest BCUT2D eigenvalue weighted by atomic mass is 10.2. The number of nitrogens with one attached hydrogen (secondary N) is 1. The number of nitrogens with zero attached hydrogens (tertiary/aromatic N) is 1. The number of ether oxygens (including phenoxy) is 1. The van der Waals surface area contributed by atoms with Crippen molar-refractivity contribution >= 4 is 11.7 Å². The van der Waals surface area contributed by atoms with E-state index in [-0.39, 0.29) is 5.56 Å². The number of carbonyl (C=O) groups is 1. The maximum Gasteiger partial charge on any atom is 0.337 e. The highest BCUT2D eigenvalue weighted by atomic mass is 16.5. The first kappa shape index (κ1) is 13.9. The van der Waals surface area contributed by atoms with E-state index in [9.17, 15) is 4.79 Å². The van der Waals surface area contributed by atoms with Crippen molar-refractivity contribution in [3.05, 3.63) is 53.3 Å². The predicted molar refractivity (Wildman–Crippen MR) is 76.3 cm³/mol. The van der Waals surface area contributed by atoms with E-state index in [1.165, 1.54) is 6.20 Å². The first-order valence-electron chi connectivity index (χ1n) is 6.17. The average Bonchev–Trinajstić information content (AvgIpc) is 2.46. The van der Waals surface area contributed by atoms with Crippen LogP contribution >= 0.6 is 0 Å². The highest BCUT2D eigenvalue weighted by Gasteiger charge is 2.04. The number of anilines is 1. The minimum atomic E-state index is -0.969. The molecule has 5 heteroatoms. The number of carboxylic acids is 1. The Morgan fingerprint density at radius 1 is 1.35 bits per heavy atom. The van der Waals surface area contributed by atoms with E-state index in [0.717, 1.165) is 22.7 Å². The van der Waals surface area contributed by atoms with Crippen molar-refractivity contribution < 1.29 is 14.6 Å². The molecule has 104 valence electrons. The molecule has 2 N–H and O–H groups in total. The van der Waals surface area contributed by atoms with Crippen LogP contribution in [0.4, 0.5) is 5.69 Å². The van der Waals surface area contributed by atoms with Gasteiger partial charge in [-0.05, 0) is 42.8 Å². The smallest absolute Gasteiger partial charge is 0.337 e. The molecule has 0 spiro atoms. The highest BCUT2D eigenvalue weighted by Crippen LogP contribution is 2.21. The Morgan fingerprint density at radius 3 is 2.70 bits per heavy atom. The normalized spacial score (nSPS) is 10.1. The monoisotopic (exact) mass is 272 g/mol. The summed E-state index contributed by atoms with van der Waals surface area (Å²) in [6.07, 6.45) is 1.36. The van der Waals surface area contributed by atoms with Crippen LogP contribution in [-0.2, 0) is 6.54 Å². The van der Waals surface area contributed by atoms with Gasteiger partial charge in [0.25, 0.3) is 0 Å². The zero-order chi connectivity index (χ0) is 14.5. The van der Waals surface area contributed by atoms with Gasteiger partial charge in [-0.25, -0.2) is 4.79 Å². The van der Waals surface area contributed by atoms with E-state index in [0.29, 0.717) is 6.54 Å². The molecule has 0 amide bonds. The van der Waals surface area contributed by atoms with Crippen molar-refractivity contribution in [2.75, 3.05) is 12.4 Å². The molecule has 0 fully saturated rings. The zero-order valence-electron chi connectivity index (χ0n) is 11.4. The minimum absolute atomic E-state index is 0.189. The number of methoxy groups -OCH3 is 1. The summed E-state index contributed by atoms with van der Waals surface area (Å²) in [5.74, 6) is -0.153. The van der Waals surface area contributed by atoms with Crippen LogP contribution in [-0.4, -0.2) is 23.2 Å². The molecule has 1 aromatic carbocycles. The van der Waals surface area contributed by atoms with Crippen molar-refractivity contribution in [1.29, 1.82) is 0 Å². The minimum Gasteiger partial charge on any atom is -0.497 e. The Kier molecular flexibility index (Phi) is 4.20. The molecule has 0 atom stereocenters. The maximum atomic E-state index is 10.7. The number of aryl methyl sites for hydroxylation is 1. The van der Waals surface area contributed by atoms with Gasteiger partial charge in [0.1, 0.15) is 5.75 Å². The first-order valence-corrected chi connectivity index (χ1v) is 6.17. The molecule has 0 aliphatic heterocycles. The topological polar surface area (TPSA) is 71.5 Å². The van der Waals surface area contributed by atoms with Gasteiger partial charge in [0.05, 0.1) is 24.9 Å². The molecular weight excluding hydrogens is 256 g/mol. The number of pyridine rings is 1. The number of aromatic carboxylic acids is 1. The molecule has 2 rings (SSSR count). The number of carboxylic acid groups (broad SMARTS) is 1. The van der Waals surface area contributed by atoms with E-state index >= 15 is 0 Å². The Hall–Kier alpha value is -2.56. The third-order valence-corrected chi connectivity index (χ3v) is 2.97. The van der Waals surface area contributed by atoms with Gasteiger partial charge in [-0.1, -0.05) is 0 Å². The molecule has 0 bridgehead atoms. The van der Waals surface area contributed by atoms with Crippen LogP contribution in [0.25, 0.3) is 0 Å². The van der Waals surface area contributed by atoms with Gasteiger partial charge in [0.2, 0.25) is 0 Å². The number of hydrogen-bond acceptors (Lipinski definition) is 4. The van der Waals surface area contributed by atoms with Crippen LogP contribution in [0.1, 0.15) is 21.6 Å². The van der Waals surface area contributed by atoms with Gasteiger partial charge in [-0.15, -0.1) is 0 Å². The second-order valence-electron chi connectivity index (χ2n) is 4.38. The molecule has 1 heterocycles. The molecular formula is C15H16N2O3. The van der Waals surface area contributed by atoms with E-state index in [4.69, 9.17) is 9.84 Å². The van der Waals surface area contributed by atoms with Gasteiger partial charge < -0.3 is 15.2 Å². The highest BCUT2D eigenvalue weighted by molar-refractivity contribution is 5.87. The van der Waals surface area contributed by atoms with Crippen LogP contribution in [0.3, 0.4) is 0 Å². The number of benzene rings is 1. The summed E-state index contributed by atoms with van der Waals surface area (Å²) in [7, 11) is 1.63. The third-order valence-electron chi connectivity index (χ3n) is 2.97. The van der Waals surface area contributed by atoms with Crippen LogP contribution < -0.4 is 10.1 Å². The van der Waals surface area contributed by atoms with Crippen LogP contribution in [0.5, 0.6) is 5.75 Å². The van der Waals surface area contributed by atoms with Crippen molar-refractivity contribution in [1.82, 2.24) is 4.98 Å². The Balaban J connectivity index is 2.03. The quantitative estimate of drug-likeness (QED) is 0.875. The lowest BCUT2D eigenvalue weighted by molar-refractivity contribution is 0.0696. The van der Waals surface area contributed by atoms with Crippen molar-refractivity contribution in [2.24, 2.45) is 0 Å². The number of hydrogen-bond donors (Lipinski definition) is 2. The van der Waals surface area contributed by atoms with Crippen LogP contribution in [0.2, 0.25) is 0 Å². The van der Waals surface area contributed by atoms with Gasteiger partial charge in [-0.3, -0.25) is 4.98 Å². The summed E-state index contributed by atoms with van der Waals surface area (Å²) in [6.45, 7) is 2.53. The molecule has 0 unspecified atom stereocenters. The molecule has 20 heavy (non-hydrogen) atoms. The summed E-state index contributed by atoms with van der Waals surface area (Å²) in [4.78, 5) is 14.8. The summed E-state index contributed by atoms with van der Waals surface area (Å²) in [6, 6.07) is 9.03. The molecule has 0 saturated heterocycles. The van der Waals surface area contributed by atoms with Crippen LogP contribution in [0, 0.1) is 6.92 Å². The molecule has 0 saturated carbocycles. The molecule has 1 aromatic heterocycles. The molecule has 0 aliphatic carbocycles. The van der Waals surface area contributed by atoms with Gasteiger partial charge >= 0.3 is 5.97 Å². The second kappa shape index (κ2) is 6.06. The van der Waals surface area contributed by atoms with Gasteiger partial charge in [0.15, 0.2) is 0 Å². The van der Waals surface area contributed by atoms with E-state index in [2.05, 4.69) is 10.3 Å². The van der Waals surface area contributed by atoms with Crippen LogP contribution in [0.15, 0.2) is 36.5 Å². The fourth-order valence-electron chi connectivity index (χ4n) is 1.80. The lowest BCUT2D eigenvalue weighted by Gasteiger charge is -2.10. The average molecular weight is 272 g/mol.